The zero-order valence-electron chi connectivity index (χ0n) is 13.8. The van der Waals surface area contributed by atoms with Crippen molar-refractivity contribution in [1.82, 2.24) is 15.5 Å². The van der Waals surface area contributed by atoms with Crippen LogP contribution in [0.25, 0.3) is 11.6 Å². The van der Waals surface area contributed by atoms with Gasteiger partial charge < -0.3 is 14.3 Å². The van der Waals surface area contributed by atoms with Crippen LogP contribution in [0.5, 0.6) is 0 Å². The Balaban J connectivity index is 1.34. The standard InChI is InChI=1S/C19H19N3O3/c23-17(20-15-8-3-6-13-5-1-2-7-14(13)15)10-11-18-21-19(22-25-18)16-9-4-12-24-16/h1-2,4-5,7,9,12,15H,3,6,8,10-11H2,(H,20,23). The van der Waals surface area contributed by atoms with E-state index in [9.17, 15) is 4.79 Å². The highest BCUT2D eigenvalue weighted by Crippen LogP contribution is 2.29. The molecule has 2 aromatic heterocycles. The number of fused-ring (bicyclic) bond motifs is 1. The second-order valence-electron chi connectivity index (χ2n) is 6.20. The van der Waals surface area contributed by atoms with E-state index in [1.54, 1.807) is 18.4 Å². The van der Waals surface area contributed by atoms with Crippen molar-refractivity contribution in [2.24, 2.45) is 0 Å². The summed E-state index contributed by atoms with van der Waals surface area (Å²) in [7, 11) is 0. The fourth-order valence-corrected chi connectivity index (χ4v) is 3.25. The van der Waals surface area contributed by atoms with E-state index in [0.29, 0.717) is 30.3 Å². The Kier molecular flexibility index (Phi) is 4.33. The van der Waals surface area contributed by atoms with Gasteiger partial charge in [-0.05, 0) is 42.5 Å². The molecule has 25 heavy (non-hydrogen) atoms. The molecule has 0 bridgehead atoms. The highest BCUT2D eigenvalue weighted by atomic mass is 16.5. The van der Waals surface area contributed by atoms with Crippen LogP contribution in [0.2, 0.25) is 0 Å². The van der Waals surface area contributed by atoms with Gasteiger partial charge in [-0.1, -0.05) is 29.4 Å². The van der Waals surface area contributed by atoms with E-state index in [1.807, 2.05) is 6.07 Å². The number of carbonyl (C=O) groups excluding carboxylic acids is 1. The van der Waals surface area contributed by atoms with Crippen molar-refractivity contribution < 1.29 is 13.7 Å². The van der Waals surface area contributed by atoms with Gasteiger partial charge in [-0.25, -0.2) is 0 Å². The van der Waals surface area contributed by atoms with Crippen LogP contribution in [0.1, 0.15) is 42.3 Å². The molecule has 1 unspecified atom stereocenters. The zero-order chi connectivity index (χ0) is 17.1. The zero-order valence-corrected chi connectivity index (χ0v) is 13.8. The molecule has 3 aromatic rings. The minimum Gasteiger partial charge on any atom is -0.461 e. The van der Waals surface area contributed by atoms with E-state index in [2.05, 4.69) is 33.7 Å². The average Bonchev–Trinajstić information content (AvgIpc) is 3.32. The minimum atomic E-state index is -0.000508. The quantitative estimate of drug-likeness (QED) is 0.771. The number of rotatable bonds is 5. The van der Waals surface area contributed by atoms with Crippen LogP contribution in [-0.2, 0) is 17.6 Å². The molecule has 1 N–H and O–H groups in total. The van der Waals surface area contributed by atoms with E-state index >= 15 is 0 Å². The second-order valence-corrected chi connectivity index (χ2v) is 6.20. The average molecular weight is 337 g/mol. The van der Waals surface area contributed by atoms with E-state index in [1.165, 1.54) is 11.1 Å². The molecule has 2 heterocycles. The van der Waals surface area contributed by atoms with Crippen molar-refractivity contribution >= 4 is 5.91 Å². The molecule has 4 rings (SSSR count). The summed E-state index contributed by atoms with van der Waals surface area (Å²) in [6.07, 6.45) is 5.44. The number of nitrogens with zero attached hydrogens (tertiary/aromatic N) is 2. The maximum atomic E-state index is 12.3. The topological polar surface area (TPSA) is 81.2 Å². The molecule has 1 amide bonds. The third kappa shape index (κ3) is 3.47. The van der Waals surface area contributed by atoms with Crippen molar-refractivity contribution in [3.05, 3.63) is 59.7 Å². The van der Waals surface area contributed by atoms with Crippen LogP contribution in [-0.4, -0.2) is 16.0 Å². The third-order valence-corrected chi connectivity index (χ3v) is 4.48. The predicted molar refractivity (Wildman–Crippen MR) is 90.6 cm³/mol. The summed E-state index contributed by atoms with van der Waals surface area (Å²) in [5, 5.41) is 7.00. The molecule has 6 heteroatoms. The molecule has 1 aromatic carbocycles. The summed E-state index contributed by atoms with van der Waals surface area (Å²) >= 11 is 0. The van der Waals surface area contributed by atoms with Crippen molar-refractivity contribution in [3.63, 3.8) is 0 Å². The smallest absolute Gasteiger partial charge is 0.238 e. The Hall–Kier alpha value is -2.89. The summed E-state index contributed by atoms with van der Waals surface area (Å²) < 4.78 is 10.4. The molecule has 1 aliphatic carbocycles. The fraction of sp³-hybridized carbons (Fsp3) is 0.316. The molecule has 0 fully saturated rings. The lowest BCUT2D eigenvalue weighted by Gasteiger charge is -2.26. The van der Waals surface area contributed by atoms with Crippen LogP contribution in [0.4, 0.5) is 0 Å². The molecular formula is C19H19N3O3. The monoisotopic (exact) mass is 337 g/mol. The molecule has 0 radical (unpaired) electrons. The summed E-state index contributed by atoms with van der Waals surface area (Å²) in [6, 6.07) is 11.9. The number of carbonyl (C=O) groups is 1. The first kappa shape index (κ1) is 15.6. The van der Waals surface area contributed by atoms with E-state index in [4.69, 9.17) is 8.94 Å². The van der Waals surface area contributed by atoms with Crippen LogP contribution >= 0.6 is 0 Å². The number of furan rings is 1. The predicted octanol–water partition coefficient (Wildman–Crippen LogP) is 3.46. The van der Waals surface area contributed by atoms with Gasteiger partial charge in [-0.15, -0.1) is 0 Å². The Bertz CT molecular complexity index is 854. The van der Waals surface area contributed by atoms with Crippen LogP contribution < -0.4 is 5.32 Å². The normalized spacial score (nSPS) is 16.4. The van der Waals surface area contributed by atoms with Gasteiger partial charge in [0, 0.05) is 12.8 Å². The van der Waals surface area contributed by atoms with Crippen LogP contribution in [0, 0.1) is 0 Å². The minimum absolute atomic E-state index is 0.000508. The van der Waals surface area contributed by atoms with Gasteiger partial charge >= 0.3 is 0 Å². The Morgan fingerprint density at radius 2 is 2.16 bits per heavy atom. The lowest BCUT2D eigenvalue weighted by Crippen LogP contribution is -2.31. The highest BCUT2D eigenvalue weighted by Gasteiger charge is 2.21. The number of hydrogen-bond donors (Lipinski definition) is 1. The van der Waals surface area contributed by atoms with Gasteiger partial charge in [0.1, 0.15) is 0 Å². The Labute approximate surface area is 145 Å². The Morgan fingerprint density at radius 1 is 1.24 bits per heavy atom. The number of aryl methyl sites for hydroxylation is 2. The first-order valence-corrected chi connectivity index (χ1v) is 8.53. The van der Waals surface area contributed by atoms with Crippen LogP contribution in [0.15, 0.2) is 51.6 Å². The molecule has 6 nitrogen and oxygen atoms in total. The first-order valence-electron chi connectivity index (χ1n) is 8.53. The van der Waals surface area contributed by atoms with Crippen molar-refractivity contribution in [3.8, 4) is 11.6 Å². The molecule has 1 aliphatic rings. The van der Waals surface area contributed by atoms with Crippen molar-refractivity contribution in [2.75, 3.05) is 0 Å². The van der Waals surface area contributed by atoms with E-state index in [-0.39, 0.29) is 11.9 Å². The number of nitrogens with one attached hydrogen (secondary N) is 1. The van der Waals surface area contributed by atoms with Gasteiger partial charge in [0.05, 0.1) is 12.3 Å². The Morgan fingerprint density at radius 3 is 3.04 bits per heavy atom. The molecule has 0 saturated heterocycles. The summed E-state index contributed by atoms with van der Waals surface area (Å²) in [5.41, 5.74) is 2.57. The molecular weight excluding hydrogens is 318 g/mol. The number of aromatic nitrogens is 2. The number of benzene rings is 1. The first-order chi connectivity index (χ1) is 12.3. The summed E-state index contributed by atoms with van der Waals surface area (Å²) in [4.78, 5) is 16.6. The molecule has 0 saturated carbocycles. The third-order valence-electron chi connectivity index (χ3n) is 4.48. The lowest BCUT2D eigenvalue weighted by atomic mass is 9.87. The summed E-state index contributed by atoms with van der Waals surface area (Å²) in [6.45, 7) is 0. The van der Waals surface area contributed by atoms with Gasteiger partial charge in [-0.2, -0.15) is 4.98 Å². The maximum absolute atomic E-state index is 12.3. The molecule has 0 aliphatic heterocycles. The molecule has 0 spiro atoms. The maximum Gasteiger partial charge on any atom is 0.238 e. The van der Waals surface area contributed by atoms with Gasteiger partial charge in [-0.3, -0.25) is 4.79 Å². The number of amides is 1. The molecule has 128 valence electrons. The lowest BCUT2D eigenvalue weighted by molar-refractivity contribution is -0.122. The number of hydrogen-bond acceptors (Lipinski definition) is 5. The highest BCUT2D eigenvalue weighted by molar-refractivity contribution is 5.76. The van der Waals surface area contributed by atoms with Crippen LogP contribution in [0.3, 0.4) is 0 Å². The van der Waals surface area contributed by atoms with Gasteiger partial charge in [0.2, 0.25) is 17.6 Å². The summed E-state index contributed by atoms with van der Waals surface area (Å²) in [5.74, 6) is 1.39. The van der Waals surface area contributed by atoms with E-state index < -0.39 is 0 Å². The largest absolute Gasteiger partial charge is 0.461 e. The van der Waals surface area contributed by atoms with Crippen molar-refractivity contribution in [1.29, 1.82) is 0 Å². The fourth-order valence-electron chi connectivity index (χ4n) is 3.25. The SMILES string of the molecule is O=C(CCc1nc(-c2ccco2)no1)NC1CCCc2ccccc21. The van der Waals surface area contributed by atoms with Crippen molar-refractivity contribution in [2.45, 2.75) is 38.1 Å². The van der Waals surface area contributed by atoms with E-state index in [0.717, 1.165) is 19.3 Å². The van der Waals surface area contributed by atoms with Gasteiger partial charge in [0.15, 0.2) is 5.76 Å². The van der Waals surface area contributed by atoms with Gasteiger partial charge in [0.25, 0.3) is 0 Å². The second kappa shape index (κ2) is 6.93. The molecule has 1 atom stereocenters.